The van der Waals surface area contributed by atoms with Crippen LogP contribution in [0, 0.1) is 0 Å². The predicted molar refractivity (Wildman–Crippen MR) is 84.6 cm³/mol. The quantitative estimate of drug-likeness (QED) is 0.675. The van der Waals surface area contributed by atoms with E-state index in [9.17, 15) is 0 Å². The summed E-state index contributed by atoms with van der Waals surface area (Å²) in [6, 6.07) is 11.7. The van der Waals surface area contributed by atoms with Gasteiger partial charge in [0.05, 0.1) is 11.6 Å². The van der Waals surface area contributed by atoms with Crippen molar-refractivity contribution in [2.75, 3.05) is 6.61 Å². The van der Waals surface area contributed by atoms with Gasteiger partial charge in [0, 0.05) is 9.50 Å². The van der Waals surface area contributed by atoms with Crippen molar-refractivity contribution in [3.63, 3.8) is 0 Å². The summed E-state index contributed by atoms with van der Waals surface area (Å²) in [4.78, 5) is 0. The second-order valence-electron chi connectivity index (χ2n) is 4.11. The molecule has 0 radical (unpaired) electrons. The van der Waals surface area contributed by atoms with Gasteiger partial charge in [-0.15, -0.1) is 0 Å². The molecule has 0 bridgehead atoms. The van der Waals surface area contributed by atoms with E-state index in [4.69, 9.17) is 27.9 Å². The van der Waals surface area contributed by atoms with Crippen molar-refractivity contribution in [3.8, 4) is 5.75 Å². The van der Waals surface area contributed by atoms with Gasteiger partial charge >= 0.3 is 0 Å². The second-order valence-corrected chi connectivity index (χ2v) is 5.84. The fourth-order valence-corrected chi connectivity index (χ4v) is 2.68. The summed E-state index contributed by atoms with van der Waals surface area (Å²) >= 11 is 15.8. The van der Waals surface area contributed by atoms with Crippen LogP contribution in [0.1, 0.15) is 18.1 Å². The minimum absolute atomic E-state index is 0.608. The molecule has 2 rings (SSSR count). The molecule has 0 saturated carbocycles. The molecule has 100 valence electrons. The highest BCUT2D eigenvalue weighted by Crippen LogP contribution is 2.28. The van der Waals surface area contributed by atoms with Crippen molar-refractivity contribution in [3.05, 3.63) is 62.0 Å². The molecule has 0 aromatic heterocycles. The van der Waals surface area contributed by atoms with Gasteiger partial charge in [0.1, 0.15) is 5.75 Å². The van der Waals surface area contributed by atoms with Crippen LogP contribution in [0.3, 0.4) is 0 Å². The van der Waals surface area contributed by atoms with Crippen LogP contribution in [0.5, 0.6) is 5.75 Å². The molecule has 4 heteroatoms. The molecule has 0 atom stereocenters. The molecule has 0 aliphatic rings. The molecular formula is C15H13BrCl2O. The van der Waals surface area contributed by atoms with Gasteiger partial charge < -0.3 is 4.74 Å². The Morgan fingerprint density at radius 1 is 1.05 bits per heavy atom. The first kappa shape index (κ1) is 14.7. The summed E-state index contributed by atoms with van der Waals surface area (Å²) in [5.74, 6) is 0.716. The summed E-state index contributed by atoms with van der Waals surface area (Å²) in [5, 5.41) is 1.39. The van der Waals surface area contributed by atoms with Crippen molar-refractivity contribution in [2.45, 2.75) is 13.3 Å². The Hall–Kier alpha value is -0.700. The number of halogens is 3. The number of rotatable bonds is 4. The van der Waals surface area contributed by atoms with E-state index in [1.54, 1.807) is 0 Å². The van der Waals surface area contributed by atoms with Crippen LogP contribution in [0.15, 0.2) is 40.9 Å². The number of hydrogen-bond donors (Lipinski definition) is 0. The fourth-order valence-electron chi connectivity index (χ4n) is 1.83. The molecule has 0 unspecified atom stereocenters. The zero-order chi connectivity index (χ0) is 13.8. The fraction of sp³-hybridized carbons (Fsp3) is 0.200. The van der Waals surface area contributed by atoms with E-state index in [1.807, 2.05) is 43.3 Å². The standard InChI is InChI=1S/C15H13BrCl2O/c1-2-19-15-6-3-10(8-14(15)18)7-11-9-12(16)4-5-13(11)17/h3-6,8-9H,2,7H2,1H3. The molecule has 19 heavy (non-hydrogen) atoms. The second kappa shape index (κ2) is 6.65. The van der Waals surface area contributed by atoms with Gasteiger partial charge in [0.15, 0.2) is 0 Å². The monoisotopic (exact) mass is 358 g/mol. The lowest BCUT2D eigenvalue weighted by atomic mass is 10.0. The first-order chi connectivity index (χ1) is 9.10. The van der Waals surface area contributed by atoms with Gasteiger partial charge in [-0.2, -0.15) is 0 Å². The largest absolute Gasteiger partial charge is 0.492 e. The van der Waals surface area contributed by atoms with Crippen molar-refractivity contribution in [1.29, 1.82) is 0 Å². The van der Waals surface area contributed by atoms with Crippen molar-refractivity contribution >= 4 is 39.1 Å². The van der Waals surface area contributed by atoms with Crippen molar-refractivity contribution < 1.29 is 4.74 Å². The summed E-state index contributed by atoms with van der Waals surface area (Å²) in [5.41, 5.74) is 2.17. The van der Waals surface area contributed by atoms with Gasteiger partial charge in [0.25, 0.3) is 0 Å². The zero-order valence-electron chi connectivity index (χ0n) is 10.4. The molecule has 0 saturated heterocycles. The molecule has 0 heterocycles. The summed E-state index contributed by atoms with van der Waals surface area (Å²) in [7, 11) is 0. The van der Waals surface area contributed by atoms with Crippen LogP contribution in [0.4, 0.5) is 0 Å². The van der Waals surface area contributed by atoms with Crippen LogP contribution in [0.25, 0.3) is 0 Å². The molecule has 0 aliphatic heterocycles. The SMILES string of the molecule is CCOc1ccc(Cc2cc(Br)ccc2Cl)cc1Cl. The van der Waals surface area contributed by atoms with Crippen LogP contribution >= 0.6 is 39.1 Å². The van der Waals surface area contributed by atoms with Crippen LogP contribution in [0.2, 0.25) is 10.0 Å². The number of ether oxygens (including phenoxy) is 1. The highest BCUT2D eigenvalue weighted by Gasteiger charge is 2.06. The van der Waals surface area contributed by atoms with Crippen LogP contribution in [-0.4, -0.2) is 6.61 Å². The third-order valence-electron chi connectivity index (χ3n) is 2.70. The molecule has 0 fully saturated rings. The van der Waals surface area contributed by atoms with Crippen molar-refractivity contribution in [2.24, 2.45) is 0 Å². The molecule has 1 nitrogen and oxygen atoms in total. The zero-order valence-corrected chi connectivity index (χ0v) is 13.5. The van der Waals surface area contributed by atoms with Gasteiger partial charge in [-0.1, -0.05) is 45.2 Å². The number of benzene rings is 2. The normalized spacial score (nSPS) is 10.5. The van der Waals surface area contributed by atoms with E-state index < -0.39 is 0 Å². The molecule has 0 amide bonds. The Kier molecular flexibility index (Phi) is 5.14. The predicted octanol–water partition coefficient (Wildman–Crippen LogP) is 5.75. The Labute approximate surface area is 131 Å². The molecule has 0 aliphatic carbocycles. The van der Waals surface area contributed by atoms with E-state index in [1.165, 1.54) is 0 Å². The lowest BCUT2D eigenvalue weighted by Gasteiger charge is -2.09. The lowest BCUT2D eigenvalue weighted by Crippen LogP contribution is -1.94. The first-order valence-corrected chi connectivity index (χ1v) is 7.50. The Balaban J connectivity index is 2.24. The minimum Gasteiger partial charge on any atom is -0.492 e. The first-order valence-electron chi connectivity index (χ1n) is 5.95. The van der Waals surface area contributed by atoms with Gasteiger partial charge in [0.2, 0.25) is 0 Å². The van der Waals surface area contributed by atoms with Crippen molar-refractivity contribution in [1.82, 2.24) is 0 Å². The van der Waals surface area contributed by atoms with E-state index >= 15 is 0 Å². The molecule has 2 aromatic carbocycles. The van der Waals surface area contributed by atoms with E-state index in [0.717, 1.165) is 27.0 Å². The van der Waals surface area contributed by atoms with Gasteiger partial charge in [-0.3, -0.25) is 0 Å². The number of hydrogen-bond acceptors (Lipinski definition) is 1. The van der Waals surface area contributed by atoms with E-state index in [2.05, 4.69) is 15.9 Å². The summed E-state index contributed by atoms with van der Waals surface area (Å²) in [6.45, 7) is 2.54. The molecular weight excluding hydrogens is 347 g/mol. The maximum absolute atomic E-state index is 6.19. The average molecular weight is 360 g/mol. The van der Waals surface area contributed by atoms with Crippen LogP contribution < -0.4 is 4.74 Å². The Morgan fingerprint density at radius 2 is 1.84 bits per heavy atom. The maximum Gasteiger partial charge on any atom is 0.137 e. The molecule has 0 spiro atoms. The maximum atomic E-state index is 6.19. The highest BCUT2D eigenvalue weighted by molar-refractivity contribution is 9.10. The lowest BCUT2D eigenvalue weighted by molar-refractivity contribution is 0.340. The molecule has 2 aromatic rings. The molecule has 0 N–H and O–H groups in total. The Bertz CT molecular complexity index is 584. The van der Waals surface area contributed by atoms with Crippen LogP contribution in [-0.2, 0) is 6.42 Å². The van der Waals surface area contributed by atoms with E-state index in [-0.39, 0.29) is 0 Å². The topological polar surface area (TPSA) is 9.23 Å². The highest BCUT2D eigenvalue weighted by atomic mass is 79.9. The minimum atomic E-state index is 0.608. The third-order valence-corrected chi connectivity index (χ3v) is 3.86. The van der Waals surface area contributed by atoms with Gasteiger partial charge in [-0.05, 0) is 54.8 Å². The summed E-state index contributed by atoms with van der Waals surface area (Å²) in [6.07, 6.45) is 0.740. The third kappa shape index (κ3) is 3.88. The van der Waals surface area contributed by atoms with E-state index in [0.29, 0.717) is 17.4 Å². The average Bonchev–Trinajstić information content (AvgIpc) is 2.37. The van der Waals surface area contributed by atoms with Gasteiger partial charge in [-0.25, -0.2) is 0 Å². The Morgan fingerprint density at radius 3 is 2.53 bits per heavy atom. The smallest absolute Gasteiger partial charge is 0.137 e. The summed E-state index contributed by atoms with van der Waals surface area (Å²) < 4.78 is 6.44.